The summed E-state index contributed by atoms with van der Waals surface area (Å²) in [5.41, 5.74) is -5.00. The van der Waals surface area contributed by atoms with Crippen LogP contribution in [0.15, 0.2) is 23.3 Å². The highest BCUT2D eigenvalue weighted by molar-refractivity contribution is 5.69. The van der Waals surface area contributed by atoms with E-state index in [0.717, 1.165) is 77.2 Å². The van der Waals surface area contributed by atoms with Crippen molar-refractivity contribution in [3.8, 4) is 0 Å². The number of carbonyl (C=O) groups is 2. The molecule has 2 unspecified atom stereocenters. The van der Waals surface area contributed by atoms with Gasteiger partial charge in [0.2, 0.25) is 0 Å². The fraction of sp³-hybridized carbons (Fsp3) is 0.864. The van der Waals surface area contributed by atoms with Crippen LogP contribution in [0.3, 0.4) is 0 Å². The highest BCUT2D eigenvalue weighted by Gasteiger charge is 2.51. The summed E-state index contributed by atoms with van der Waals surface area (Å²) in [6.07, 6.45) is -4.48. The van der Waals surface area contributed by atoms with Crippen molar-refractivity contribution in [2.45, 2.75) is 193 Å². The Morgan fingerprint density at radius 2 is 0.770 bits per heavy atom. The summed E-state index contributed by atoms with van der Waals surface area (Å²) in [6, 6.07) is 0. The number of rotatable bonds is 34. The Bertz CT molecular complexity index is 1110. The first kappa shape index (κ1) is 58.5. The number of hydrogen-bond acceptors (Lipinski definition) is 5. The van der Waals surface area contributed by atoms with Crippen LogP contribution in [0, 0.1) is 17.8 Å². The molecule has 0 rings (SSSR count). The van der Waals surface area contributed by atoms with Crippen LogP contribution in [-0.4, -0.2) is 75.4 Å². The third-order valence-corrected chi connectivity index (χ3v) is 10.7. The van der Waals surface area contributed by atoms with Gasteiger partial charge in [0.1, 0.15) is 11.1 Å². The fourth-order valence-corrected chi connectivity index (χ4v) is 6.93. The number of nitrogens with zero attached hydrogens (tertiary/aromatic N) is 1. The summed E-state index contributed by atoms with van der Waals surface area (Å²) in [4.78, 5) is 26.4. The first-order chi connectivity index (χ1) is 28.3. The van der Waals surface area contributed by atoms with E-state index in [1.807, 2.05) is 0 Å². The van der Waals surface area contributed by atoms with Crippen molar-refractivity contribution < 1.29 is 71.7 Å². The molecule has 0 aromatic rings. The zero-order chi connectivity index (χ0) is 46.5. The lowest BCUT2D eigenvalue weighted by Gasteiger charge is -2.17. The number of unbranched alkanes of at least 4 members (excludes halogenated alkanes) is 10. The molecule has 0 fully saturated rings. The summed E-state index contributed by atoms with van der Waals surface area (Å²) in [6.45, 7) is 4.56. The molecule has 5 nitrogen and oxygen atoms in total. The van der Waals surface area contributed by atoms with E-state index in [2.05, 4.69) is 19.0 Å². The largest absolute Gasteiger partial charge is 0.466 e. The summed E-state index contributed by atoms with van der Waals surface area (Å²) in [5.74, 6) is -0.534. The van der Waals surface area contributed by atoms with Gasteiger partial charge in [0.25, 0.3) is 0 Å². The minimum atomic E-state index is -5.46. The molecule has 0 bridgehead atoms. The minimum Gasteiger partial charge on any atom is -0.466 e. The summed E-state index contributed by atoms with van der Waals surface area (Å²) < 4.78 is 162. The Morgan fingerprint density at radius 1 is 0.459 bits per heavy atom. The lowest BCUT2D eigenvalue weighted by atomic mass is 9.89. The second-order valence-corrected chi connectivity index (χ2v) is 16.7. The maximum atomic E-state index is 12.6. The van der Waals surface area contributed by atoms with Gasteiger partial charge in [-0.05, 0) is 96.2 Å². The van der Waals surface area contributed by atoms with Crippen LogP contribution in [0.2, 0.25) is 0 Å². The lowest BCUT2D eigenvalue weighted by Crippen LogP contribution is -2.26. The van der Waals surface area contributed by atoms with E-state index in [1.54, 1.807) is 13.8 Å². The second kappa shape index (κ2) is 31.4. The van der Waals surface area contributed by atoms with Crippen molar-refractivity contribution >= 4 is 11.9 Å². The number of hydrogen-bond donors (Lipinski definition) is 0. The van der Waals surface area contributed by atoms with Gasteiger partial charge in [-0.15, -0.1) is 0 Å². The molecular weight excluding hydrogens is 834 g/mol. The van der Waals surface area contributed by atoms with E-state index in [9.17, 15) is 62.3 Å². The second-order valence-electron chi connectivity index (χ2n) is 16.7. The molecule has 0 aliphatic heterocycles. The standard InChI is InChI=1S/C44H71F12NO4/c1-34(20-18-25-37(41(45,46)47)42(48,49)50)29-32-60-39(58)27-15-9-5-7-12-22-36(24-14-11-17-31-57(3)4)23-13-8-6-10-16-28-40(59)61-33-30-35(2)21-19-26-38(43(51,52)53)44(54,55)56/h25-26,34-36H,5-24,27-33H2,1-4H3. The Hall–Kier alpha value is -2.46. The smallest absolute Gasteiger partial charge is 0.420 e. The maximum absolute atomic E-state index is 12.6. The van der Waals surface area contributed by atoms with E-state index in [-0.39, 0.29) is 87.7 Å². The third-order valence-electron chi connectivity index (χ3n) is 10.7. The SMILES string of the molecule is CC(CCC=C(C(F)(F)F)C(F)(F)F)CCOC(=O)CCCCCCCC(CCCCCCCC(=O)OCCC(C)CCC=C(C(F)(F)F)C(F)(F)F)CCCCCN(C)C. The highest BCUT2D eigenvalue weighted by Crippen LogP contribution is 2.40. The van der Waals surface area contributed by atoms with Gasteiger partial charge in [-0.25, -0.2) is 0 Å². The number of esters is 2. The molecule has 360 valence electrons. The van der Waals surface area contributed by atoms with E-state index in [4.69, 9.17) is 9.47 Å². The summed E-state index contributed by atoms with van der Waals surface area (Å²) in [5, 5.41) is 0. The van der Waals surface area contributed by atoms with E-state index in [1.165, 1.54) is 19.3 Å². The van der Waals surface area contributed by atoms with Crippen molar-refractivity contribution in [1.82, 2.24) is 4.90 Å². The van der Waals surface area contributed by atoms with Gasteiger partial charge in [-0.2, -0.15) is 52.7 Å². The van der Waals surface area contributed by atoms with Gasteiger partial charge in [0.05, 0.1) is 13.2 Å². The fourth-order valence-electron chi connectivity index (χ4n) is 6.93. The molecule has 0 spiro atoms. The zero-order valence-electron chi connectivity index (χ0n) is 36.6. The summed E-state index contributed by atoms with van der Waals surface area (Å²) >= 11 is 0. The van der Waals surface area contributed by atoms with Crippen molar-refractivity contribution in [1.29, 1.82) is 0 Å². The molecule has 0 saturated carbocycles. The number of carbonyl (C=O) groups excluding carboxylic acids is 2. The first-order valence-electron chi connectivity index (χ1n) is 22.0. The van der Waals surface area contributed by atoms with Gasteiger partial charge in [-0.3, -0.25) is 9.59 Å². The monoisotopic (exact) mass is 906 g/mol. The number of ether oxygens (including phenoxy) is 2. The van der Waals surface area contributed by atoms with Crippen LogP contribution in [0.1, 0.15) is 168 Å². The van der Waals surface area contributed by atoms with Gasteiger partial charge in [0.15, 0.2) is 0 Å². The van der Waals surface area contributed by atoms with Gasteiger partial charge in [-0.1, -0.05) is 109 Å². The van der Waals surface area contributed by atoms with Gasteiger partial charge < -0.3 is 14.4 Å². The molecule has 0 aromatic carbocycles. The Kier molecular flexibility index (Phi) is 30.1. The van der Waals surface area contributed by atoms with E-state index >= 15 is 0 Å². The van der Waals surface area contributed by atoms with Gasteiger partial charge >= 0.3 is 36.6 Å². The van der Waals surface area contributed by atoms with Gasteiger partial charge in [0, 0.05) is 12.8 Å². The Balaban J connectivity index is 4.30. The number of halogens is 12. The number of alkyl halides is 12. The van der Waals surface area contributed by atoms with E-state index in [0.29, 0.717) is 31.6 Å². The molecule has 0 aliphatic carbocycles. The lowest BCUT2D eigenvalue weighted by molar-refractivity contribution is -0.173. The predicted molar refractivity (Wildman–Crippen MR) is 213 cm³/mol. The molecule has 61 heavy (non-hydrogen) atoms. The summed E-state index contributed by atoms with van der Waals surface area (Å²) in [7, 11) is 4.13. The van der Waals surface area contributed by atoms with Crippen molar-refractivity contribution in [3.05, 3.63) is 23.3 Å². The molecule has 2 atom stereocenters. The minimum absolute atomic E-state index is 0.0641. The average molecular weight is 906 g/mol. The van der Waals surface area contributed by atoms with Crippen LogP contribution in [0.25, 0.3) is 0 Å². The molecule has 0 N–H and O–H groups in total. The molecule has 0 aromatic heterocycles. The Labute approximate surface area is 355 Å². The third kappa shape index (κ3) is 32.8. The molecule has 0 amide bonds. The highest BCUT2D eigenvalue weighted by atomic mass is 19.4. The molecular formula is C44H71F12NO4. The average Bonchev–Trinajstić information content (AvgIpc) is 3.11. The topological polar surface area (TPSA) is 55.8 Å². The quantitative estimate of drug-likeness (QED) is 0.0279. The molecule has 0 radical (unpaired) electrons. The maximum Gasteiger partial charge on any atom is 0.420 e. The zero-order valence-corrected chi connectivity index (χ0v) is 36.6. The normalized spacial score (nSPS) is 14.1. The molecule has 0 heterocycles. The van der Waals surface area contributed by atoms with Crippen LogP contribution in [0.4, 0.5) is 52.7 Å². The van der Waals surface area contributed by atoms with Crippen LogP contribution in [0.5, 0.6) is 0 Å². The number of allylic oxidation sites excluding steroid dienone is 4. The van der Waals surface area contributed by atoms with Crippen molar-refractivity contribution in [3.63, 3.8) is 0 Å². The first-order valence-corrected chi connectivity index (χ1v) is 22.0. The molecule has 17 heteroatoms. The van der Waals surface area contributed by atoms with Crippen LogP contribution < -0.4 is 0 Å². The molecule has 0 aliphatic rings. The predicted octanol–water partition coefficient (Wildman–Crippen LogP) is 15.0. The van der Waals surface area contributed by atoms with Crippen LogP contribution in [-0.2, 0) is 19.1 Å². The van der Waals surface area contributed by atoms with E-state index < -0.39 is 35.9 Å². The van der Waals surface area contributed by atoms with Crippen molar-refractivity contribution in [2.24, 2.45) is 17.8 Å². The van der Waals surface area contributed by atoms with Crippen LogP contribution >= 0.6 is 0 Å². The Morgan fingerprint density at radius 3 is 1.10 bits per heavy atom. The van der Waals surface area contributed by atoms with Crippen molar-refractivity contribution in [2.75, 3.05) is 33.9 Å². The molecule has 0 saturated heterocycles.